The van der Waals surface area contributed by atoms with E-state index in [0.29, 0.717) is 11.4 Å². The molecule has 0 aromatic heterocycles. The summed E-state index contributed by atoms with van der Waals surface area (Å²) in [6.45, 7) is 0. The van der Waals surface area contributed by atoms with Crippen molar-refractivity contribution in [2.24, 2.45) is 0 Å². The summed E-state index contributed by atoms with van der Waals surface area (Å²) in [5.41, 5.74) is 2.63. The third-order valence-corrected chi connectivity index (χ3v) is 7.94. The number of hydrogen-bond donors (Lipinski definition) is 0. The van der Waals surface area contributed by atoms with Gasteiger partial charge in [0.2, 0.25) is 0 Å². The number of carbonyl (C=O) groups is 2. The van der Waals surface area contributed by atoms with Gasteiger partial charge in [-0.3, -0.25) is 0 Å². The average Bonchev–Trinajstić information content (AvgIpc) is 3.33. The first-order valence-electron chi connectivity index (χ1n) is 8.76. The molecule has 2 aromatic carbocycles. The topological polar surface area (TPSA) is 75.3 Å². The summed E-state index contributed by atoms with van der Waals surface area (Å²) in [5.74, 6) is 0. The van der Waals surface area contributed by atoms with Crippen molar-refractivity contribution in [2.75, 3.05) is 9.80 Å². The molecule has 0 saturated heterocycles. The molecule has 2 bridgehead atoms. The van der Waals surface area contributed by atoms with Crippen molar-refractivity contribution in [3.05, 3.63) is 84.0 Å². The van der Waals surface area contributed by atoms with Crippen LogP contribution in [0.15, 0.2) is 73.3 Å². The summed E-state index contributed by atoms with van der Waals surface area (Å²) >= 11 is -0.958. The van der Waals surface area contributed by atoms with Gasteiger partial charge in [-0.25, -0.2) is 0 Å². The molecule has 146 valence electrons. The SMILES string of the molecule is O=C1[N-]c2ccccc2N2C=CN3C(=O)[N-]c4ccccc4N4C=CN1[C]4=[Pt]=[C]32. The van der Waals surface area contributed by atoms with Gasteiger partial charge in [0.15, 0.2) is 0 Å². The van der Waals surface area contributed by atoms with Crippen molar-refractivity contribution in [1.29, 1.82) is 0 Å². The second-order valence-electron chi connectivity index (χ2n) is 6.40. The van der Waals surface area contributed by atoms with Crippen LogP contribution in [0.5, 0.6) is 0 Å². The molecule has 8 nitrogen and oxygen atoms in total. The van der Waals surface area contributed by atoms with Gasteiger partial charge in [0.25, 0.3) is 0 Å². The molecular weight excluding hydrogens is 551 g/mol. The number of fused-ring (bicyclic) bond motifs is 4. The summed E-state index contributed by atoms with van der Waals surface area (Å²) in [5, 5.41) is 8.73. The summed E-state index contributed by atoms with van der Waals surface area (Å²) in [6.07, 6.45) is 7.12. The Labute approximate surface area is 173 Å². The Morgan fingerprint density at radius 2 is 1.00 bits per heavy atom. The number of urea groups is 2. The molecule has 2 aromatic rings. The Morgan fingerprint density at radius 3 is 1.48 bits per heavy atom. The van der Waals surface area contributed by atoms with Gasteiger partial charge in [-0.1, -0.05) is 0 Å². The van der Waals surface area contributed by atoms with E-state index in [-0.39, 0.29) is 12.1 Å². The van der Waals surface area contributed by atoms with E-state index in [9.17, 15) is 9.59 Å². The fraction of sp³-hybridized carbons (Fsp3) is 0. The molecule has 6 rings (SSSR count). The van der Waals surface area contributed by atoms with Crippen molar-refractivity contribution in [2.45, 2.75) is 0 Å². The van der Waals surface area contributed by atoms with Crippen LogP contribution >= 0.6 is 0 Å². The van der Waals surface area contributed by atoms with Gasteiger partial charge < -0.3 is 0 Å². The van der Waals surface area contributed by atoms with Crippen molar-refractivity contribution < 1.29 is 27.2 Å². The minimum absolute atomic E-state index is 0.358. The summed E-state index contributed by atoms with van der Waals surface area (Å²) in [7, 11) is 0. The van der Waals surface area contributed by atoms with Crippen molar-refractivity contribution in [1.82, 2.24) is 9.80 Å². The maximum atomic E-state index is 13.0. The molecule has 4 amide bonds. The van der Waals surface area contributed by atoms with E-state index >= 15 is 0 Å². The Morgan fingerprint density at radius 1 is 0.586 bits per heavy atom. The quantitative estimate of drug-likeness (QED) is 0.484. The first-order chi connectivity index (χ1) is 14.2. The van der Waals surface area contributed by atoms with Crippen LogP contribution in [0, 0.1) is 0 Å². The summed E-state index contributed by atoms with van der Waals surface area (Å²) in [4.78, 5) is 33.1. The number of nitrogens with zero attached hydrogens (tertiary/aromatic N) is 6. The van der Waals surface area contributed by atoms with Crippen molar-refractivity contribution >= 4 is 43.1 Å². The van der Waals surface area contributed by atoms with Crippen molar-refractivity contribution in [3.8, 4) is 0 Å². The Bertz CT molecular complexity index is 1140. The van der Waals surface area contributed by atoms with E-state index in [2.05, 4.69) is 10.6 Å². The average molecular weight is 563 g/mol. The van der Waals surface area contributed by atoms with Crippen LogP contribution in [0.2, 0.25) is 0 Å². The van der Waals surface area contributed by atoms with E-state index in [4.69, 9.17) is 0 Å². The summed E-state index contributed by atoms with van der Waals surface area (Å²) < 4.78 is 1.61. The van der Waals surface area contributed by atoms with Gasteiger partial charge in [-0.05, 0) is 0 Å². The molecule has 0 atom stereocenters. The van der Waals surface area contributed by atoms with E-state index in [1.807, 2.05) is 58.6 Å². The summed E-state index contributed by atoms with van der Waals surface area (Å²) in [6, 6.07) is 14.2. The molecule has 0 unspecified atom stereocenters. The molecule has 4 heterocycles. The van der Waals surface area contributed by atoms with Crippen LogP contribution in [0.3, 0.4) is 0 Å². The second kappa shape index (κ2) is 5.99. The maximum absolute atomic E-state index is 13.0. The van der Waals surface area contributed by atoms with Crippen LogP contribution in [0.1, 0.15) is 0 Å². The molecule has 0 saturated carbocycles. The molecular formula is C20H12N6O2Pt-2. The van der Waals surface area contributed by atoms with E-state index in [1.54, 1.807) is 34.3 Å². The zero-order chi connectivity index (χ0) is 19.5. The molecule has 29 heavy (non-hydrogen) atoms. The van der Waals surface area contributed by atoms with Gasteiger partial charge in [-0.2, -0.15) is 0 Å². The second-order valence-corrected chi connectivity index (χ2v) is 9.00. The fourth-order valence-corrected chi connectivity index (χ4v) is 6.61. The zero-order valence-corrected chi connectivity index (χ0v) is 17.0. The van der Waals surface area contributed by atoms with Gasteiger partial charge in [0.1, 0.15) is 0 Å². The molecule has 4 aliphatic heterocycles. The molecule has 4 aliphatic rings. The van der Waals surface area contributed by atoms with Crippen molar-refractivity contribution in [3.63, 3.8) is 0 Å². The Kier molecular flexibility index (Phi) is 3.40. The Hall–Kier alpha value is -3.51. The van der Waals surface area contributed by atoms with Crippen LogP contribution in [-0.2, 0) is 17.6 Å². The Balaban J connectivity index is 1.66. The van der Waals surface area contributed by atoms with Crippen LogP contribution in [-0.4, -0.2) is 30.2 Å². The molecule has 0 N–H and O–H groups in total. The van der Waals surface area contributed by atoms with Gasteiger partial charge >= 0.3 is 174 Å². The first kappa shape index (κ1) is 16.4. The van der Waals surface area contributed by atoms with E-state index in [0.717, 1.165) is 19.7 Å². The minimum atomic E-state index is -0.958. The van der Waals surface area contributed by atoms with Gasteiger partial charge in [-0.15, -0.1) is 0 Å². The van der Waals surface area contributed by atoms with Crippen LogP contribution in [0.25, 0.3) is 10.6 Å². The monoisotopic (exact) mass is 563 g/mol. The number of amides is 4. The van der Waals surface area contributed by atoms with Gasteiger partial charge in [0, 0.05) is 0 Å². The number of anilines is 2. The number of rotatable bonds is 0. The standard InChI is InChI=1S/C20H14N6O2.Pt/c27-19-21-15-5-1-3-7-17(15)23-9-11-26(13-23)20(28)22-16-6-2-4-8-18(16)24-10-12-25(19)14-24;/h1-12H,(H2,21,22,27,28);/p-2. The van der Waals surface area contributed by atoms with Crippen LogP contribution in [0.4, 0.5) is 32.3 Å². The molecule has 0 radical (unpaired) electrons. The predicted molar refractivity (Wildman–Crippen MR) is 107 cm³/mol. The number of hydrogen-bond acceptors (Lipinski definition) is 4. The fourth-order valence-electron chi connectivity index (χ4n) is 3.40. The molecule has 0 aliphatic carbocycles. The molecule has 0 fully saturated rings. The van der Waals surface area contributed by atoms with E-state index in [1.165, 1.54) is 0 Å². The third kappa shape index (κ3) is 2.36. The van der Waals surface area contributed by atoms with Gasteiger partial charge in [0.05, 0.1) is 0 Å². The number of carbonyl (C=O) groups excluding carboxylic acids is 2. The number of benzene rings is 2. The van der Waals surface area contributed by atoms with Crippen LogP contribution < -0.4 is 9.80 Å². The number of para-hydroxylation sites is 4. The molecule has 0 spiro atoms. The first-order valence-corrected chi connectivity index (χ1v) is 11.0. The zero-order valence-electron chi connectivity index (χ0n) is 14.7. The predicted octanol–water partition coefficient (Wildman–Crippen LogP) is 4.11. The van der Waals surface area contributed by atoms with E-state index < -0.39 is 17.6 Å². The normalized spacial score (nSPS) is 19.2. The third-order valence-electron chi connectivity index (χ3n) is 4.73. The molecule has 9 heteroatoms.